The van der Waals surface area contributed by atoms with Gasteiger partial charge in [0.1, 0.15) is 18.4 Å². The molecule has 21 heavy (non-hydrogen) atoms. The first-order valence-electron chi connectivity index (χ1n) is 6.80. The molecule has 0 saturated heterocycles. The van der Waals surface area contributed by atoms with Crippen molar-refractivity contribution in [3.8, 4) is 5.75 Å². The lowest BCUT2D eigenvalue weighted by molar-refractivity contribution is -0.119. The van der Waals surface area contributed by atoms with Gasteiger partial charge in [-0.3, -0.25) is 4.79 Å². The molecule has 0 aromatic heterocycles. The number of fused-ring (bicyclic) bond motifs is 1. The Morgan fingerprint density at radius 3 is 2.67 bits per heavy atom. The van der Waals surface area contributed by atoms with Crippen molar-refractivity contribution in [1.82, 2.24) is 0 Å². The lowest BCUT2D eigenvalue weighted by Crippen LogP contribution is -2.42. The fraction of sp³-hybridized carbons (Fsp3) is 0.188. The average Bonchev–Trinajstić information content (AvgIpc) is 2.49. The van der Waals surface area contributed by atoms with Crippen LogP contribution in [-0.4, -0.2) is 19.1 Å². The first-order chi connectivity index (χ1) is 10.2. The first kappa shape index (κ1) is 13.3. The van der Waals surface area contributed by atoms with Gasteiger partial charge in [-0.15, -0.1) is 0 Å². The Hall–Kier alpha value is -2.69. The van der Waals surface area contributed by atoms with Crippen LogP contribution in [0.15, 0.2) is 48.5 Å². The Bertz CT molecular complexity index is 658. The number of benzene rings is 2. The maximum atomic E-state index is 12.0. The third-order valence-corrected chi connectivity index (χ3v) is 3.58. The maximum Gasteiger partial charge on any atom is 0.244 e. The van der Waals surface area contributed by atoms with E-state index in [2.05, 4.69) is 0 Å². The van der Waals surface area contributed by atoms with Crippen LogP contribution in [0.2, 0.25) is 0 Å². The minimum absolute atomic E-state index is 0.392. The molecule has 0 saturated carbocycles. The number of anilines is 2. The van der Waals surface area contributed by atoms with E-state index in [0.717, 1.165) is 17.0 Å². The normalized spacial score (nSPS) is 15.0. The molecule has 0 bridgehead atoms. The second-order valence-corrected chi connectivity index (χ2v) is 4.98. The molecule has 1 aliphatic rings. The van der Waals surface area contributed by atoms with E-state index in [0.29, 0.717) is 18.8 Å². The molecule has 1 unspecified atom stereocenters. The largest absolute Gasteiger partial charge is 0.490 e. The van der Waals surface area contributed by atoms with Crippen LogP contribution in [0.3, 0.4) is 0 Å². The van der Waals surface area contributed by atoms with Gasteiger partial charge in [0.05, 0.1) is 12.2 Å². The van der Waals surface area contributed by atoms with Gasteiger partial charge < -0.3 is 21.1 Å². The van der Waals surface area contributed by atoms with Gasteiger partial charge in [0, 0.05) is 5.69 Å². The lowest BCUT2D eigenvalue weighted by Gasteiger charge is -2.36. The summed E-state index contributed by atoms with van der Waals surface area (Å²) in [6, 6.07) is 14.4. The van der Waals surface area contributed by atoms with Crippen LogP contribution >= 0.6 is 0 Å². The van der Waals surface area contributed by atoms with Crippen molar-refractivity contribution in [2.75, 3.05) is 23.8 Å². The van der Waals surface area contributed by atoms with Crippen LogP contribution in [0.1, 0.15) is 11.6 Å². The summed E-state index contributed by atoms with van der Waals surface area (Å²) in [5, 5.41) is 0. The second-order valence-electron chi connectivity index (χ2n) is 4.98. The number of hydrogen-bond acceptors (Lipinski definition) is 4. The molecule has 2 aromatic carbocycles. The van der Waals surface area contributed by atoms with Crippen molar-refractivity contribution in [2.24, 2.45) is 5.73 Å². The van der Waals surface area contributed by atoms with E-state index in [1.807, 2.05) is 47.4 Å². The summed E-state index contributed by atoms with van der Waals surface area (Å²) >= 11 is 0. The van der Waals surface area contributed by atoms with Crippen molar-refractivity contribution in [2.45, 2.75) is 6.04 Å². The highest BCUT2D eigenvalue weighted by Crippen LogP contribution is 2.38. The van der Waals surface area contributed by atoms with Crippen molar-refractivity contribution in [3.05, 3.63) is 54.1 Å². The molecule has 2 aromatic rings. The summed E-state index contributed by atoms with van der Waals surface area (Å²) in [7, 11) is 0. The van der Waals surface area contributed by atoms with E-state index in [9.17, 15) is 4.79 Å². The van der Waals surface area contributed by atoms with E-state index in [1.165, 1.54) is 0 Å². The summed E-state index contributed by atoms with van der Waals surface area (Å²) in [6.07, 6.45) is 0. The van der Waals surface area contributed by atoms with E-state index in [-0.39, 0.29) is 0 Å². The predicted octanol–water partition coefficient (Wildman–Crippen LogP) is 1.69. The predicted molar refractivity (Wildman–Crippen MR) is 82.1 cm³/mol. The summed E-state index contributed by atoms with van der Waals surface area (Å²) < 4.78 is 5.63. The Labute approximate surface area is 123 Å². The Kier molecular flexibility index (Phi) is 3.39. The SMILES string of the molecule is NC(=O)C(c1ccccc1)N1CCOc2ccc(N)cc21. The van der Waals surface area contributed by atoms with Gasteiger partial charge in [0.15, 0.2) is 0 Å². The standard InChI is InChI=1S/C16H17N3O2/c17-12-6-7-14-13(10-12)19(8-9-21-14)15(16(18)20)11-4-2-1-3-5-11/h1-7,10,15H,8-9,17H2,(H2,18,20). The number of rotatable bonds is 3. The van der Waals surface area contributed by atoms with Gasteiger partial charge in [-0.05, 0) is 23.8 Å². The minimum atomic E-state index is -0.532. The number of ether oxygens (including phenoxy) is 1. The molecule has 108 valence electrons. The molecular weight excluding hydrogens is 266 g/mol. The number of nitrogen functional groups attached to an aromatic ring is 1. The van der Waals surface area contributed by atoms with Crippen LogP contribution in [0.25, 0.3) is 0 Å². The zero-order chi connectivity index (χ0) is 14.8. The van der Waals surface area contributed by atoms with Crippen LogP contribution in [0, 0.1) is 0 Å². The minimum Gasteiger partial charge on any atom is -0.490 e. The maximum absolute atomic E-state index is 12.0. The van der Waals surface area contributed by atoms with Gasteiger partial charge in [-0.25, -0.2) is 0 Å². The molecule has 0 aliphatic carbocycles. The molecule has 5 heteroatoms. The number of carbonyl (C=O) groups excluding carboxylic acids is 1. The Morgan fingerprint density at radius 2 is 1.95 bits per heavy atom. The second kappa shape index (κ2) is 5.36. The van der Waals surface area contributed by atoms with Crippen LogP contribution in [-0.2, 0) is 4.79 Å². The van der Waals surface area contributed by atoms with Gasteiger partial charge in [-0.2, -0.15) is 0 Å². The highest BCUT2D eigenvalue weighted by Gasteiger charge is 2.30. The van der Waals surface area contributed by atoms with Gasteiger partial charge in [0.2, 0.25) is 5.91 Å². The topological polar surface area (TPSA) is 81.6 Å². The average molecular weight is 283 g/mol. The number of nitrogens with zero attached hydrogens (tertiary/aromatic N) is 1. The molecule has 1 heterocycles. The molecule has 4 N–H and O–H groups in total. The lowest BCUT2D eigenvalue weighted by atomic mass is 10.0. The first-order valence-corrected chi connectivity index (χ1v) is 6.80. The summed E-state index contributed by atoms with van der Waals surface area (Å²) in [5.41, 5.74) is 13.8. The number of amides is 1. The quantitative estimate of drug-likeness (QED) is 0.840. The Morgan fingerprint density at radius 1 is 1.19 bits per heavy atom. The molecule has 1 aliphatic heterocycles. The molecule has 3 rings (SSSR count). The highest BCUT2D eigenvalue weighted by atomic mass is 16.5. The van der Waals surface area contributed by atoms with Crippen molar-refractivity contribution >= 4 is 17.3 Å². The van der Waals surface area contributed by atoms with Crippen molar-refractivity contribution in [3.63, 3.8) is 0 Å². The monoisotopic (exact) mass is 283 g/mol. The van der Waals surface area contributed by atoms with Crippen LogP contribution in [0.4, 0.5) is 11.4 Å². The third-order valence-electron chi connectivity index (χ3n) is 3.58. The summed E-state index contributed by atoms with van der Waals surface area (Å²) in [5.74, 6) is 0.328. The molecule has 1 amide bonds. The van der Waals surface area contributed by atoms with Gasteiger partial charge in [-0.1, -0.05) is 30.3 Å². The zero-order valence-corrected chi connectivity index (χ0v) is 11.5. The summed E-state index contributed by atoms with van der Waals surface area (Å²) in [6.45, 7) is 1.09. The van der Waals surface area contributed by atoms with E-state index < -0.39 is 11.9 Å². The van der Waals surface area contributed by atoms with Gasteiger partial charge in [0.25, 0.3) is 0 Å². The fourth-order valence-corrected chi connectivity index (χ4v) is 2.66. The summed E-state index contributed by atoms with van der Waals surface area (Å²) in [4.78, 5) is 14.0. The zero-order valence-electron chi connectivity index (χ0n) is 11.5. The fourth-order valence-electron chi connectivity index (χ4n) is 2.66. The Balaban J connectivity index is 2.06. The smallest absolute Gasteiger partial charge is 0.244 e. The number of nitrogens with two attached hydrogens (primary N) is 2. The molecule has 0 fully saturated rings. The van der Waals surface area contributed by atoms with E-state index in [4.69, 9.17) is 16.2 Å². The van der Waals surface area contributed by atoms with Crippen molar-refractivity contribution < 1.29 is 9.53 Å². The molecule has 0 radical (unpaired) electrons. The van der Waals surface area contributed by atoms with Crippen LogP contribution < -0.4 is 21.1 Å². The molecule has 1 atom stereocenters. The molecule has 0 spiro atoms. The van der Waals surface area contributed by atoms with Crippen molar-refractivity contribution in [1.29, 1.82) is 0 Å². The van der Waals surface area contributed by atoms with Gasteiger partial charge >= 0.3 is 0 Å². The van der Waals surface area contributed by atoms with E-state index >= 15 is 0 Å². The molecular formula is C16H17N3O2. The number of carbonyl (C=O) groups is 1. The number of hydrogen-bond donors (Lipinski definition) is 2. The van der Waals surface area contributed by atoms with Crippen LogP contribution in [0.5, 0.6) is 5.75 Å². The molecule has 5 nitrogen and oxygen atoms in total. The number of primary amides is 1. The highest BCUT2D eigenvalue weighted by molar-refractivity contribution is 5.86. The van der Waals surface area contributed by atoms with E-state index in [1.54, 1.807) is 6.07 Å². The third kappa shape index (κ3) is 2.50.